The van der Waals surface area contributed by atoms with Crippen molar-refractivity contribution < 1.29 is 28.7 Å². The summed E-state index contributed by atoms with van der Waals surface area (Å²) in [7, 11) is 1.26. The van der Waals surface area contributed by atoms with Crippen molar-refractivity contribution >= 4 is 63.5 Å². The van der Waals surface area contributed by atoms with Crippen LogP contribution >= 0.6 is 34.9 Å². The second-order valence-electron chi connectivity index (χ2n) is 7.74. The van der Waals surface area contributed by atoms with Gasteiger partial charge in [0.15, 0.2) is 23.5 Å². The minimum absolute atomic E-state index is 0.136. The fourth-order valence-electron chi connectivity index (χ4n) is 3.60. The van der Waals surface area contributed by atoms with E-state index in [0.717, 1.165) is 21.8 Å². The molecule has 0 unspecified atom stereocenters. The summed E-state index contributed by atoms with van der Waals surface area (Å²) in [5, 5.41) is 12.8. The number of hydrogen-bond donors (Lipinski definition) is 2. The van der Waals surface area contributed by atoms with Crippen molar-refractivity contribution in [3.8, 4) is 0 Å². The highest BCUT2D eigenvalue weighted by Gasteiger charge is 2.46. The van der Waals surface area contributed by atoms with Crippen LogP contribution in [0.2, 0.25) is 0 Å². The number of rotatable bonds is 8. The molecule has 2 aliphatic heterocycles. The van der Waals surface area contributed by atoms with Crippen molar-refractivity contribution in [1.82, 2.24) is 30.2 Å². The number of pyridine rings is 1. The molecule has 0 radical (unpaired) electrons. The third-order valence-corrected chi connectivity index (χ3v) is 8.44. The molecule has 38 heavy (non-hydrogen) atoms. The molecule has 0 aliphatic carbocycles. The molecule has 2 aliphatic rings. The van der Waals surface area contributed by atoms with Crippen molar-refractivity contribution in [3.05, 3.63) is 59.5 Å². The zero-order valence-corrected chi connectivity index (χ0v) is 22.2. The molecule has 3 N–H and O–H groups in total. The minimum Gasteiger partial charge on any atom is -0.398 e. The van der Waals surface area contributed by atoms with Gasteiger partial charge >= 0.3 is 11.9 Å². The van der Waals surface area contributed by atoms with Crippen molar-refractivity contribution in [1.29, 1.82) is 0 Å². The number of nitrogens with one attached hydrogen (secondary N) is 1. The summed E-state index contributed by atoms with van der Waals surface area (Å²) in [6, 6.07) is 3.83. The maximum Gasteiger partial charge on any atom is 0.379 e. The number of nitrogens with two attached hydrogens (primary N) is 1. The van der Waals surface area contributed by atoms with E-state index in [2.05, 4.69) is 25.8 Å². The third kappa shape index (κ3) is 5.34. The van der Waals surface area contributed by atoms with Crippen LogP contribution in [0, 0.1) is 0 Å². The zero-order valence-electron chi connectivity index (χ0n) is 19.7. The number of carbonyl (C=O) groups is 3. The molecule has 0 spiro atoms. The fraction of sp³-hybridized carbons (Fsp3) is 0.238. The van der Waals surface area contributed by atoms with Gasteiger partial charge in [0, 0.05) is 33.9 Å². The fourth-order valence-corrected chi connectivity index (χ4v) is 6.43. The van der Waals surface area contributed by atoms with E-state index in [0.29, 0.717) is 17.9 Å². The highest BCUT2D eigenvalue weighted by molar-refractivity contribution is 8.01. The molecule has 1 saturated heterocycles. The van der Waals surface area contributed by atoms with Crippen LogP contribution in [0.1, 0.15) is 12.1 Å². The first-order valence-corrected chi connectivity index (χ1v) is 13.8. The van der Waals surface area contributed by atoms with Gasteiger partial charge in [-0.2, -0.15) is 5.48 Å². The van der Waals surface area contributed by atoms with E-state index < -0.39 is 11.9 Å². The van der Waals surface area contributed by atoms with Crippen LogP contribution in [-0.4, -0.2) is 72.2 Å². The molecule has 0 aromatic carbocycles. The molecule has 14 nitrogen and oxygen atoms in total. The number of oxime groups is 1. The Kier molecular flexibility index (Phi) is 7.57. The lowest BCUT2D eigenvalue weighted by Crippen LogP contribution is -2.54. The molecule has 5 rings (SSSR count). The van der Waals surface area contributed by atoms with Gasteiger partial charge < -0.3 is 15.4 Å². The molecule has 17 heteroatoms. The number of carbonyl (C=O) groups excluding carboxylic acids is 3. The van der Waals surface area contributed by atoms with Crippen LogP contribution < -0.4 is 15.9 Å². The number of thiazole rings is 1. The Balaban J connectivity index is 1.29. The van der Waals surface area contributed by atoms with Gasteiger partial charge in [0.2, 0.25) is 18.3 Å². The largest absolute Gasteiger partial charge is 0.398 e. The summed E-state index contributed by atoms with van der Waals surface area (Å²) < 4.78 is 3.51. The lowest BCUT2D eigenvalue weighted by Gasteiger charge is -2.44. The Bertz CT molecular complexity index is 1420. The predicted molar refractivity (Wildman–Crippen MR) is 137 cm³/mol. The normalized spacial score (nSPS) is 17.1. The number of nitrogens with zero attached hydrogens (tertiary/aromatic N) is 7. The second-order valence-corrected chi connectivity index (χ2v) is 10.8. The van der Waals surface area contributed by atoms with Gasteiger partial charge in [-0.3, -0.25) is 14.5 Å². The number of anilines is 1. The van der Waals surface area contributed by atoms with Gasteiger partial charge in [0.1, 0.15) is 18.5 Å². The van der Waals surface area contributed by atoms with Crippen LogP contribution in [0.4, 0.5) is 5.13 Å². The van der Waals surface area contributed by atoms with Gasteiger partial charge in [-0.05, 0) is 5.57 Å². The Hall–Kier alpha value is -3.96. The minimum atomic E-state index is -0.857. The van der Waals surface area contributed by atoms with Gasteiger partial charge in [-0.15, -0.1) is 45.1 Å². The van der Waals surface area contributed by atoms with Gasteiger partial charge in [-0.25, -0.2) is 9.78 Å². The summed E-state index contributed by atoms with van der Waals surface area (Å²) >= 11 is 4.20. The lowest BCUT2D eigenvalue weighted by molar-refractivity contribution is -0.728. The number of β-lactam (4-membered cyclic amide) rings is 1. The third-order valence-electron chi connectivity index (χ3n) is 5.39. The van der Waals surface area contributed by atoms with E-state index in [4.69, 9.17) is 15.4 Å². The van der Waals surface area contributed by atoms with E-state index in [1.165, 1.54) is 29.2 Å². The molecular weight excluding hydrogens is 554 g/mol. The van der Waals surface area contributed by atoms with Crippen LogP contribution in [0.5, 0.6) is 0 Å². The summed E-state index contributed by atoms with van der Waals surface area (Å²) in [6.07, 6.45) is 7.19. The lowest BCUT2D eigenvalue weighted by atomic mass is 10.1. The molecule has 0 bridgehead atoms. The summed E-state index contributed by atoms with van der Waals surface area (Å²) in [4.78, 5) is 54.4. The molecule has 5 heterocycles. The van der Waals surface area contributed by atoms with E-state index >= 15 is 0 Å². The average Bonchev–Trinajstić information content (AvgIpc) is 3.61. The zero-order chi connectivity index (χ0) is 26.6. The first-order chi connectivity index (χ1) is 18.4. The number of hydrogen-bond acceptors (Lipinski definition) is 13. The van der Waals surface area contributed by atoms with Gasteiger partial charge in [0.25, 0.3) is 0 Å². The second kappa shape index (κ2) is 11.2. The number of hydroxylamine groups is 1. The van der Waals surface area contributed by atoms with Crippen LogP contribution in [0.15, 0.2) is 63.9 Å². The molecule has 196 valence electrons. The standard InChI is InChI=1S/C21H19N9O5S3/c1-34-26-17(14-9-38-21(22)25-14)19(32)27-35-20(33)18-12(8-37-16-6-15(31)30(16)18)7-36-13-2-4-28(5-3-13)29-10-23-24-11-29/h2-5,9-11,16H,6-8H2,1H3,(H2-,22,25,27,32)/p+1/b26-17-/t16-/m0/s1. The average molecular weight is 575 g/mol. The van der Waals surface area contributed by atoms with Crippen molar-refractivity contribution in [2.24, 2.45) is 5.16 Å². The van der Waals surface area contributed by atoms with Crippen molar-refractivity contribution in [2.45, 2.75) is 16.7 Å². The molecule has 1 atom stereocenters. The van der Waals surface area contributed by atoms with E-state index in [-0.39, 0.29) is 33.5 Å². The molecule has 0 saturated carbocycles. The number of thioether (sulfide) groups is 2. The van der Waals surface area contributed by atoms with E-state index in [1.807, 2.05) is 24.5 Å². The molecule has 2 amide bonds. The highest BCUT2D eigenvalue weighted by Crippen LogP contribution is 2.41. The SMILES string of the molecule is CO/N=C(\C(=O)NOC(=O)C1=C(CSc2cc[n+](-n3cnnc3)cc2)CS[C@H]2CC(=O)N12)c1csc(N)n1. The van der Waals surface area contributed by atoms with Crippen LogP contribution in [0.3, 0.4) is 0 Å². The summed E-state index contributed by atoms with van der Waals surface area (Å²) in [5.74, 6) is -0.906. The number of fused-ring (bicyclic) bond motifs is 1. The van der Waals surface area contributed by atoms with Crippen molar-refractivity contribution in [3.63, 3.8) is 0 Å². The smallest absolute Gasteiger partial charge is 0.379 e. The maximum absolute atomic E-state index is 13.1. The van der Waals surface area contributed by atoms with Gasteiger partial charge in [-0.1, -0.05) is 14.5 Å². The van der Waals surface area contributed by atoms with E-state index in [9.17, 15) is 14.4 Å². The van der Waals surface area contributed by atoms with Crippen molar-refractivity contribution in [2.75, 3.05) is 24.3 Å². The summed E-state index contributed by atoms with van der Waals surface area (Å²) in [6.45, 7) is 0. The maximum atomic E-state index is 13.1. The molecule has 3 aromatic heterocycles. The van der Waals surface area contributed by atoms with Crippen LogP contribution in [-0.2, 0) is 24.1 Å². The topological polar surface area (TPSA) is 171 Å². The highest BCUT2D eigenvalue weighted by atomic mass is 32.2. The molecule has 3 aromatic rings. The number of nitrogen functional groups attached to an aromatic ring is 1. The Labute approximate surface area is 227 Å². The van der Waals surface area contributed by atoms with Gasteiger partial charge in [0.05, 0.1) is 11.8 Å². The molecule has 1 fully saturated rings. The number of aromatic nitrogens is 5. The Morgan fingerprint density at radius 1 is 1.32 bits per heavy atom. The van der Waals surface area contributed by atoms with Crippen LogP contribution in [0.25, 0.3) is 0 Å². The molecular formula is C21H20N9O5S3+. The Morgan fingerprint density at radius 2 is 2.08 bits per heavy atom. The summed E-state index contributed by atoms with van der Waals surface area (Å²) in [5.41, 5.74) is 8.52. The van der Waals surface area contributed by atoms with E-state index in [1.54, 1.807) is 33.8 Å². The Morgan fingerprint density at radius 3 is 2.74 bits per heavy atom. The first kappa shape index (κ1) is 25.7. The number of amides is 2. The first-order valence-electron chi connectivity index (χ1n) is 10.9. The quantitative estimate of drug-likeness (QED) is 0.124. The monoisotopic (exact) mass is 574 g/mol. The predicted octanol–water partition coefficient (Wildman–Crippen LogP) is 0.192.